The summed E-state index contributed by atoms with van der Waals surface area (Å²) in [5, 5.41) is 9.97. The van der Waals surface area contributed by atoms with E-state index in [1.807, 2.05) is 18.2 Å². The van der Waals surface area contributed by atoms with Gasteiger partial charge in [0.05, 0.1) is 18.9 Å². The quantitative estimate of drug-likeness (QED) is 0.604. The fraction of sp³-hybridized carbons (Fsp3) is 0.375. The summed E-state index contributed by atoms with van der Waals surface area (Å²) in [6, 6.07) is 5.60. The highest BCUT2D eigenvalue weighted by Gasteiger charge is 1.90. The van der Waals surface area contributed by atoms with E-state index in [1.54, 1.807) is 6.20 Å². The number of rotatable bonds is 4. The van der Waals surface area contributed by atoms with Crippen molar-refractivity contribution in [2.75, 3.05) is 13.2 Å². The molecular weight excluding hydrogens is 142 g/mol. The summed E-state index contributed by atoms with van der Waals surface area (Å²) in [7, 11) is 0. The lowest BCUT2D eigenvalue weighted by Gasteiger charge is -1.99. The van der Waals surface area contributed by atoms with Gasteiger partial charge < -0.3 is 4.74 Å². The molecule has 11 heavy (non-hydrogen) atoms. The van der Waals surface area contributed by atoms with Crippen LogP contribution in [0.1, 0.15) is 5.69 Å². The molecule has 1 aromatic heterocycles. The van der Waals surface area contributed by atoms with E-state index in [0.717, 1.165) is 5.69 Å². The highest BCUT2D eigenvalue weighted by molar-refractivity contribution is 5.01. The first-order valence-corrected chi connectivity index (χ1v) is 3.49. The molecule has 59 valence electrons. The zero-order valence-corrected chi connectivity index (χ0v) is 6.19. The summed E-state index contributed by atoms with van der Waals surface area (Å²) in [6.07, 6.45) is 1.70. The summed E-state index contributed by atoms with van der Waals surface area (Å²) in [5.74, 6) is 0. The lowest BCUT2D eigenvalue weighted by molar-refractivity contribution is 0.0536. The standard InChI is InChI=1S/C8H10NO2/c10-5-6-11-7-8-3-1-2-4-9-8/h1-4H,5-7H2. The molecule has 0 bridgehead atoms. The molecule has 0 aliphatic rings. The minimum atomic E-state index is -0.188. The topological polar surface area (TPSA) is 42.0 Å². The zero-order chi connectivity index (χ0) is 7.94. The van der Waals surface area contributed by atoms with Crippen LogP contribution in [0.25, 0.3) is 0 Å². The van der Waals surface area contributed by atoms with Crippen LogP contribution in [0.3, 0.4) is 0 Å². The minimum Gasteiger partial charge on any atom is -0.373 e. The lowest BCUT2D eigenvalue weighted by Crippen LogP contribution is -1.99. The zero-order valence-electron chi connectivity index (χ0n) is 6.19. The summed E-state index contributed by atoms with van der Waals surface area (Å²) >= 11 is 0. The second-order valence-electron chi connectivity index (χ2n) is 2.08. The van der Waals surface area contributed by atoms with Crippen LogP contribution >= 0.6 is 0 Å². The number of pyridine rings is 1. The Morgan fingerprint density at radius 1 is 1.45 bits per heavy atom. The third-order valence-electron chi connectivity index (χ3n) is 1.20. The van der Waals surface area contributed by atoms with Crippen LogP contribution in [-0.4, -0.2) is 18.2 Å². The molecule has 0 spiro atoms. The van der Waals surface area contributed by atoms with Gasteiger partial charge in [-0.25, -0.2) is 5.11 Å². The Morgan fingerprint density at radius 3 is 3.00 bits per heavy atom. The van der Waals surface area contributed by atoms with E-state index in [4.69, 9.17) is 4.74 Å². The fourth-order valence-electron chi connectivity index (χ4n) is 0.719. The third kappa shape index (κ3) is 3.11. The van der Waals surface area contributed by atoms with Gasteiger partial charge in [-0.05, 0) is 12.1 Å². The molecule has 0 saturated carbocycles. The van der Waals surface area contributed by atoms with Crippen molar-refractivity contribution in [2.24, 2.45) is 0 Å². The molecule has 0 aromatic carbocycles. The van der Waals surface area contributed by atoms with Crippen molar-refractivity contribution in [3.63, 3.8) is 0 Å². The summed E-state index contributed by atoms with van der Waals surface area (Å²) in [6.45, 7) is 0.506. The number of ether oxygens (including phenoxy) is 1. The molecule has 0 unspecified atom stereocenters. The van der Waals surface area contributed by atoms with Crippen molar-refractivity contribution in [3.8, 4) is 0 Å². The molecule has 1 heterocycles. The van der Waals surface area contributed by atoms with Crippen LogP contribution in [0.5, 0.6) is 0 Å². The Kier molecular flexibility index (Phi) is 3.58. The monoisotopic (exact) mass is 152 g/mol. The maximum Gasteiger partial charge on any atom is 0.106 e. The Labute approximate surface area is 65.7 Å². The van der Waals surface area contributed by atoms with E-state index in [0.29, 0.717) is 6.61 Å². The number of aromatic nitrogens is 1. The molecule has 0 N–H and O–H groups in total. The van der Waals surface area contributed by atoms with Crippen LogP contribution in [-0.2, 0) is 16.5 Å². The molecule has 3 nitrogen and oxygen atoms in total. The SMILES string of the molecule is [O]CCOCc1ccccn1. The van der Waals surface area contributed by atoms with Crippen LogP contribution in [0.15, 0.2) is 24.4 Å². The highest BCUT2D eigenvalue weighted by Crippen LogP contribution is 1.94. The van der Waals surface area contributed by atoms with Crippen molar-refractivity contribution in [1.29, 1.82) is 0 Å². The average Bonchev–Trinajstić information content (AvgIpc) is 2.07. The average molecular weight is 152 g/mol. The molecule has 3 heteroatoms. The number of hydrogen-bond acceptors (Lipinski definition) is 2. The molecule has 0 amide bonds. The molecule has 1 radical (unpaired) electrons. The molecule has 1 aromatic rings. The first kappa shape index (κ1) is 8.17. The van der Waals surface area contributed by atoms with Gasteiger partial charge in [0.1, 0.15) is 6.61 Å². The van der Waals surface area contributed by atoms with Crippen LogP contribution in [0.4, 0.5) is 0 Å². The van der Waals surface area contributed by atoms with E-state index >= 15 is 0 Å². The first-order valence-electron chi connectivity index (χ1n) is 3.49. The molecule has 0 aliphatic carbocycles. The van der Waals surface area contributed by atoms with Crippen LogP contribution in [0.2, 0.25) is 0 Å². The second kappa shape index (κ2) is 4.82. The first-order chi connectivity index (χ1) is 5.43. The third-order valence-corrected chi connectivity index (χ3v) is 1.20. The largest absolute Gasteiger partial charge is 0.373 e. The van der Waals surface area contributed by atoms with Crippen molar-refractivity contribution in [2.45, 2.75) is 6.61 Å². The molecule has 0 saturated heterocycles. The Bertz CT molecular complexity index is 189. The molecule has 0 aliphatic heterocycles. The molecular formula is C8H10NO2. The Morgan fingerprint density at radius 2 is 2.36 bits per heavy atom. The molecule has 0 atom stereocenters. The lowest BCUT2D eigenvalue weighted by atomic mass is 10.4. The van der Waals surface area contributed by atoms with Gasteiger partial charge >= 0.3 is 0 Å². The summed E-state index contributed by atoms with van der Waals surface area (Å²) in [4.78, 5) is 4.02. The number of nitrogens with zero attached hydrogens (tertiary/aromatic N) is 1. The highest BCUT2D eigenvalue weighted by atomic mass is 16.5. The van der Waals surface area contributed by atoms with Gasteiger partial charge in [-0.1, -0.05) is 6.07 Å². The van der Waals surface area contributed by atoms with Crippen molar-refractivity contribution in [1.82, 2.24) is 4.98 Å². The van der Waals surface area contributed by atoms with Gasteiger partial charge in [0.15, 0.2) is 0 Å². The maximum absolute atomic E-state index is 9.97. The Hall–Kier alpha value is -0.930. The van der Waals surface area contributed by atoms with Gasteiger partial charge in [0.25, 0.3) is 0 Å². The minimum absolute atomic E-state index is 0.188. The predicted molar refractivity (Wildman–Crippen MR) is 39.4 cm³/mol. The van der Waals surface area contributed by atoms with Crippen LogP contribution in [0, 0.1) is 0 Å². The van der Waals surface area contributed by atoms with Crippen LogP contribution < -0.4 is 0 Å². The van der Waals surface area contributed by atoms with Crippen molar-refractivity contribution < 1.29 is 9.84 Å². The second-order valence-corrected chi connectivity index (χ2v) is 2.08. The normalized spacial score (nSPS) is 9.91. The van der Waals surface area contributed by atoms with Crippen molar-refractivity contribution in [3.05, 3.63) is 30.1 Å². The van der Waals surface area contributed by atoms with Gasteiger partial charge in [-0.15, -0.1) is 0 Å². The molecule has 1 rings (SSSR count). The van der Waals surface area contributed by atoms with E-state index in [-0.39, 0.29) is 13.2 Å². The van der Waals surface area contributed by atoms with Crippen molar-refractivity contribution >= 4 is 0 Å². The molecule has 0 fully saturated rings. The fourth-order valence-corrected chi connectivity index (χ4v) is 0.719. The van der Waals surface area contributed by atoms with E-state index in [2.05, 4.69) is 4.98 Å². The summed E-state index contributed by atoms with van der Waals surface area (Å²) in [5.41, 5.74) is 0.862. The smallest absolute Gasteiger partial charge is 0.106 e. The van der Waals surface area contributed by atoms with Gasteiger partial charge in [0, 0.05) is 6.20 Å². The van der Waals surface area contributed by atoms with E-state index in [1.165, 1.54) is 0 Å². The van der Waals surface area contributed by atoms with Gasteiger partial charge in [0.2, 0.25) is 0 Å². The van der Waals surface area contributed by atoms with E-state index in [9.17, 15) is 5.11 Å². The van der Waals surface area contributed by atoms with Gasteiger partial charge in [-0.3, -0.25) is 4.98 Å². The number of hydrogen-bond donors (Lipinski definition) is 0. The van der Waals surface area contributed by atoms with E-state index < -0.39 is 0 Å². The predicted octanol–water partition coefficient (Wildman–Crippen LogP) is 1.03. The Balaban J connectivity index is 2.28. The maximum atomic E-state index is 9.97. The van der Waals surface area contributed by atoms with Gasteiger partial charge in [-0.2, -0.15) is 0 Å². The summed E-state index contributed by atoms with van der Waals surface area (Å²) < 4.78 is 4.99.